The molecule has 1 unspecified atom stereocenters. The number of phosphoric ester groups is 1. The number of rotatable bonds is 5. The summed E-state index contributed by atoms with van der Waals surface area (Å²) < 4.78 is 13.9. The van der Waals surface area contributed by atoms with E-state index in [-0.39, 0.29) is 13.2 Å². The van der Waals surface area contributed by atoms with Crippen LogP contribution in [0, 0.1) is 0 Å². The monoisotopic (exact) mass is 183 g/mol. The molecule has 0 aromatic heterocycles. The number of hydrogen-bond donors (Lipinski definition) is 2. The van der Waals surface area contributed by atoms with Crippen LogP contribution >= 0.6 is 7.82 Å². The summed E-state index contributed by atoms with van der Waals surface area (Å²) in [6.45, 7) is 1.40. The third-order valence-electron chi connectivity index (χ3n) is 0.831. The lowest BCUT2D eigenvalue weighted by Gasteiger charge is -2.32. The molecule has 0 aliphatic rings. The van der Waals surface area contributed by atoms with Gasteiger partial charge in [0, 0.05) is 6.54 Å². The van der Waals surface area contributed by atoms with E-state index in [4.69, 9.17) is 5.11 Å². The molecular weight excluding hydrogens is 173 g/mol. The molecule has 0 aliphatic carbocycles. The quantitative estimate of drug-likeness (QED) is 0.369. The third-order valence-corrected chi connectivity index (χ3v) is 1.41. The summed E-state index contributed by atoms with van der Waals surface area (Å²) in [5.41, 5.74) is 0. The molecule has 0 saturated carbocycles. The largest absolute Gasteiger partial charge is 0.790 e. The van der Waals surface area contributed by atoms with Crippen LogP contribution in [-0.2, 0) is 9.09 Å². The molecule has 0 bridgehead atoms. The molecule has 6 nitrogen and oxygen atoms in total. The zero-order valence-electron chi connectivity index (χ0n) is 6.02. The Kier molecular flexibility index (Phi) is 4.83. The van der Waals surface area contributed by atoms with Crippen molar-refractivity contribution in [3.8, 4) is 0 Å². The topological polar surface area (TPSA) is 105 Å². The van der Waals surface area contributed by atoms with Crippen LogP contribution < -0.4 is 15.1 Å². The molecule has 7 heteroatoms. The fourth-order valence-electron chi connectivity index (χ4n) is 0.499. The summed E-state index contributed by atoms with van der Waals surface area (Å²) in [4.78, 5) is 19.9. The first kappa shape index (κ1) is 11.0. The van der Waals surface area contributed by atoms with E-state index in [1.807, 2.05) is 0 Å². The molecule has 0 rings (SSSR count). The zero-order valence-corrected chi connectivity index (χ0v) is 6.91. The standard InChI is InChI=1S/C4H12NO5P/c1-4(5-2-3-6)10-11(7,8)9/h4-6H,2-3H2,1H3,(H2,7,8,9)/p-2. The van der Waals surface area contributed by atoms with E-state index in [9.17, 15) is 14.4 Å². The summed E-state index contributed by atoms with van der Waals surface area (Å²) in [5, 5.41) is 10.7. The van der Waals surface area contributed by atoms with Gasteiger partial charge in [0.1, 0.15) is 6.23 Å². The second-order valence-corrected chi connectivity index (χ2v) is 2.98. The van der Waals surface area contributed by atoms with Crippen molar-refractivity contribution in [2.45, 2.75) is 13.2 Å². The fraction of sp³-hybridized carbons (Fsp3) is 1.00. The maximum absolute atomic E-state index is 9.95. The zero-order chi connectivity index (χ0) is 8.91. The van der Waals surface area contributed by atoms with Gasteiger partial charge in [-0.25, -0.2) is 0 Å². The highest BCUT2D eigenvalue weighted by Gasteiger charge is 2.01. The molecule has 1 atom stereocenters. The van der Waals surface area contributed by atoms with Gasteiger partial charge in [0.2, 0.25) is 0 Å². The van der Waals surface area contributed by atoms with E-state index < -0.39 is 14.1 Å². The van der Waals surface area contributed by atoms with Gasteiger partial charge in [-0.15, -0.1) is 0 Å². The molecule has 0 fully saturated rings. The van der Waals surface area contributed by atoms with Gasteiger partial charge >= 0.3 is 0 Å². The van der Waals surface area contributed by atoms with Crippen molar-refractivity contribution < 1.29 is 24.0 Å². The normalized spacial score (nSPS) is 14.9. The Hall–Kier alpha value is 0.0300. The molecule has 0 aromatic carbocycles. The molecule has 0 aliphatic heterocycles. The minimum absolute atomic E-state index is 0.143. The highest BCUT2D eigenvalue weighted by Crippen LogP contribution is 2.25. The van der Waals surface area contributed by atoms with Crippen LogP contribution in [0.1, 0.15) is 6.92 Å². The van der Waals surface area contributed by atoms with Gasteiger partial charge in [0.05, 0.1) is 14.4 Å². The molecule has 68 valence electrons. The van der Waals surface area contributed by atoms with Gasteiger partial charge in [-0.05, 0) is 6.92 Å². The highest BCUT2D eigenvalue weighted by atomic mass is 31.2. The van der Waals surface area contributed by atoms with Crippen molar-refractivity contribution in [1.82, 2.24) is 5.32 Å². The van der Waals surface area contributed by atoms with Crippen molar-refractivity contribution in [2.75, 3.05) is 13.2 Å². The SMILES string of the molecule is CC(NCCO)OP(=O)([O-])[O-]. The molecule has 0 spiro atoms. The molecular formula is C4H10NO5P-2. The van der Waals surface area contributed by atoms with Crippen LogP contribution in [0.25, 0.3) is 0 Å². The Morgan fingerprint density at radius 3 is 2.64 bits per heavy atom. The smallest absolute Gasteiger partial charge is 0.110 e. The van der Waals surface area contributed by atoms with Gasteiger partial charge in [0.25, 0.3) is 0 Å². The van der Waals surface area contributed by atoms with Crippen LogP contribution in [0.4, 0.5) is 0 Å². The molecule has 0 amide bonds. The van der Waals surface area contributed by atoms with Crippen molar-refractivity contribution in [2.24, 2.45) is 0 Å². The molecule has 0 radical (unpaired) electrons. The fourth-order valence-corrected chi connectivity index (χ4v) is 0.961. The summed E-state index contributed by atoms with van der Waals surface area (Å²) >= 11 is 0. The maximum atomic E-state index is 9.95. The van der Waals surface area contributed by atoms with Crippen molar-refractivity contribution in [3.63, 3.8) is 0 Å². The lowest BCUT2D eigenvalue weighted by atomic mass is 10.6. The van der Waals surface area contributed by atoms with Gasteiger partial charge in [-0.2, -0.15) is 0 Å². The van der Waals surface area contributed by atoms with E-state index in [0.29, 0.717) is 0 Å². The Labute approximate surface area is 64.4 Å². The molecule has 0 aromatic rings. The number of aliphatic hydroxyl groups excluding tert-OH is 1. The molecule has 11 heavy (non-hydrogen) atoms. The predicted octanol–water partition coefficient (Wildman–Crippen LogP) is -2.24. The Morgan fingerprint density at radius 2 is 2.27 bits per heavy atom. The van der Waals surface area contributed by atoms with E-state index in [1.54, 1.807) is 0 Å². The van der Waals surface area contributed by atoms with E-state index in [2.05, 4.69) is 9.84 Å². The minimum atomic E-state index is -4.91. The Balaban J connectivity index is 3.52. The number of nitrogens with one attached hydrogen (secondary N) is 1. The summed E-state index contributed by atoms with van der Waals surface area (Å²) in [6.07, 6.45) is -0.886. The summed E-state index contributed by atoms with van der Waals surface area (Å²) in [5.74, 6) is 0. The van der Waals surface area contributed by atoms with Crippen LogP contribution in [0.5, 0.6) is 0 Å². The Bertz CT molecular complexity index is 145. The van der Waals surface area contributed by atoms with Crippen LogP contribution in [0.15, 0.2) is 0 Å². The van der Waals surface area contributed by atoms with Crippen molar-refractivity contribution >= 4 is 7.82 Å². The van der Waals surface area contributed by atoms with Crippen LogP contribution in [0.2, 0.25) is 0 Å². The molecule has 2 N–H and O–H groups in total. The predicted molar refractivity (Wildman–Crippen MR) is 33.2 cm³/mol. The average Bonchev–Trinajstić information content (AvgIpc) is 1.79. The third kappa shape index (κ3) is 7.93. The van der Waals surface area contributed by atoms with Crippen molar-refractivity contribution in [3.05, 3.63) is 0 Å². The lowest BCUT2D eigenvalue weighted by Crippen LogP contribution is -2.33. The first-order valence-electron chi connectivity index (χ1n) is 3.00. The maximum Gasteiger partial charge on any atom is 0.110 e. The summed E-state index contributed by atoms with van der Waals surface area (Å²) in [6, 6.07) is 0. The van der Waals surface area contributed by atoms with E-state index in [1.165, 1.54) is 6.92 Å². The van der Waals surface area contributed by atoms with Crippen LogP contribution in [0.3, 0.4) is 0 Å². The van der Waals surface area contributed by atoms with Gasteiger partial charge in [-0.1, -0.05) is 0 Å². The lowest BCUT2D eigenvalue weighted by molar-refractivity contribution is -0.345. The second-order valence-electron chi connectivity index (χ2n) is 1.87. The van der Waals surface area contributed by atoms with Gasteiger partial charge in [-0.3, -0.25) is 5.32 Å². The van der Waals surface area contributed by atoms with E-state index in [0.717, 1.165) is 0 Å². The number of phosphoric acid groups is 1. The highest BCUT2D eigenvalue weighted by molar-refractivity contribution is 7.43. The number of aliphatic hydroxyl groups is 1. The second kappa shape index (κ2) is 4.82. The van der Waals surface area contributed by atoms with Crippen LogP contribution in [-0.4, -0.2) is 24.5 Å². The first-order valence-corrected chi connectivity index (χ1v) is 4.46. The number of hydrogen-bond acceptors (Lipinski definition) is 6. The van der Waals surface area contributed by atoms with Gasteiger partial charge in [0.15, 0.2) is 0 Å². The average molecular weight is 183 g/mol. The Morgan fingerprint density at radius 1 is 1.73 bits per heavy atom. The van der Waals surface area contributed by atoms with Crippen molar-refractivity contribution in [1.29, 1.82) is 0 Å². The minimum Gasteiger partial charge on any atom is -0.790 e. The van der Waals surface area contributed by atoms with Gasteiger partial charge < -0.3 is 24.0 Å². The molecule has 0 saturated heterocycles. The summed E-state index contributed by atoms with van der Waals surface area (Å²) in [7, 11) is -4.91. The molecule has 0 heterocycles. The van der Waals surface area contributed by atoms with E-state index >= 15 is 0 Å². The first-order chi connectivity index (χ1) is 4.95.